The summed E-state index contributed by atoms with van der Waals surface area (Å²) in [5.74, 6) is 0.311. The Kier molecular flexibility index (Phi) is 2.55. The van der Waals surface area contributed by atoms with Crippen LogP contribution < -0.4 is 0 Å². The summed E-state index contributed by atoms with van der Waals surface area (Å²) >= 11 is 0. The Morgan fingerprint density at radius 3 is 2.38 bits per heavy atom. The van der Waals surface area contributed by atoms with Crippen LogP contribution in [0, 0.1) is 17.2 Å². The summed E-state index contributed by atoms with van der Waals surface area (Å²) in [4.78, 5) is 2.48. The summed E-state index contributed by atoms with van der Waals surface area (Å²) in [6.45, 7) is 0. The Balaban J connectivity index is 1.94. The zero-order valence-corrected chi connectivity index (χ0v) is 8.37. The minimum absolute atomic E-state index is 0.311. The molecule has 0 bridgehead atoms. The van der Waals surface area contributed by atoms with Crippen molar-refractivity contribution in [2.75, 3.05) is 7.05 Å². The Morgan fingerprint density at radius 2 is 1.85 bits per heavy atom. The van der Waals surface area contributed by atoms with Gasteiger partial charge < -0.3 is 0 Å². The lowest BCUT2D eigenvalue weighted by atomic mass is 9.89. The van der Waals surface area contributed by atoms with Crippen LogP contribution in [0.5, 0.6) is 0 Å². The fourth-order valence-corrected chi connectivity index (χ4v) is 2.64. The molecule has 0 N–H and O–H groups in total. The number of nitrogens with zero attached hydrogens (tertiary/aromatic N) is 2. The summed E-state index contributed by atoms with van der Waals surface area (Å²) in [7, 11) is 2.21. The standard InChI is InChI=1S/C11H18N2/c1-13(10-5-3-6-10)11-7-2-4-9(11)8-12/h9-11H,2-7H2,1H3. The summed E-state index contributed by atoms with van der Waals surface area (Å²) in [6, 6.07) is 3.81. The lowest BCUT2D eigenvalue weighted by molar-refractivity contribution is 0.0996. The van der Waals surface area contributed by atoms with Gasteiger partial charge in [0, 0.05) is 12.1 Å². The van der Waals surface area contributed by atoms with Crippen molar-refractivity contribution in [3.63, 3.8) is 0 Å². The van der Waals surface area contributed by atoms with E-state index in [-0.39, 0.29) is 0 Å². The molecule has 0 spiro atoms. The molecule has 0 heterocycles. The van der Waals surface area contributed by atoms with Crippen LogP contribution >= 0.6 is 0 Å². The molecule has 0 aliphatic heterocycles. The summed E-state index contributed by atoms with van der Waals surface area (Å²) < 4.78 is 0. The van der Waals surface area contributed by atoms with Gasteiger partial charge in [0.2, 0.25) is 0 Å². The van der Waals surface area contributed by atoms with Gasteiger partial charge in [-0.05, 0) is 32.7 Å². The molecular formula is C11H18N2. The maximum absolute atomic E-state index is 8.98. The van der Waals surface area contributed by atoms with E-state index in [0.29, 0.717) is 12.0 Å². The smallest absolute Gasteiger partial charge is 0.0672 e. The molecule has 2 aliphatic carbocycles. The van der Waals surface area contributed by atoms with Crippen molar-refractivity contribution in [1.29, 1.82) is 5.26 Å². The van der Waals surface area contributed by atoms with Gasteiger partial charge in [0.25, 0.3) is 0 Å². The first-order chi connectivity index (χ1) is 6.33. The minimum Gasteiger partial charge on any atom is -0.299 e. The fourth-order valence-electron chi connectivity index (χ4n) is 2.64. The van der Waals surface area contributed by atoms with E-state index < -0.39 is 0 Å². The first-order valence-electron chi connectivity index (χ1n) is 5.44. The second kappa shape index (κ2) is 3.67. The lowest BCUT2D eigenvalue weighted by Gasteiger charge is -2.39. The Labute approximate surface area is 80.5 Å². The van der Waals surface area contributed by atoms with E-state index in [1.807, 2.05) is 0 Å². The van der Waals surface area contributed by atoms with E-state index in [4.69, 9.17) is 5.26 Å². The third-order valence-corrected chi connectivity index (χ3v) is 3.82. The van der Waals surface area contributed by atoms with E-state index in [9.17, 15) is 0 Å². The summed E-state index contributed by atoms with van der Waals surface area (Å²) in [5.41, 5.74) is 0. The number of rotatable bonds is 2. The predicted molar refractivity (Wildman–Crippen MR) is 52.1 cm³/mol. The van der Waals surface area contributed by atoms with Crippen LogP contribution in [-0.2, 0) is 0 Å². The lowest BCUT2D eigenvalue weighted by Crippen LogP contribution is -2.45. The van der Waals surface area contributed by atoms with Crippen LogP contribution in [0.4, 0.5) is 0 Å². The first-order valence-corrected chi connectivity index (χ1v) is 5.44. The van der Waals surface area contributed by atoms with Gasteiger partial charge in [-0.3, -0.25) is 4.90 Å². The normalized spacial score (nSPS) is 34.5. The van der Waals surface area contributed by atoms with E-state index in [0.717, 1.165) is 12.5 Å². The van der Waals surface area contributed by atoms with Gasteiger partial charge in [-0.15, -0.1) is 0 Å². The van der Waals surface area contributed by atoms with Gasteiger partial charge in [-0.1, -0.05) is 12.8 Å². The van der Waals surface area contributed by atoms with Crippen molar-refractivity contribution in [2.45, 2.75) is 50.6 Å². The SMILES string of the molecule is CN(C1CCC1)C1CCCC1C#N. The van der Waals surface area contributed by atoms with Crippen molar-refractivity contribution in [3.05, 3.63) is 0 Å². The Bertz CT molecular complexity index is 215. The zero-order valence-electron chi connectivity index (χ0n) is 8.37. The van der Waals surface area contributed by atoms with Crippen LogP contribution in [0.3, 0.4) is 0 Å². The highest BCUT2D eigenvalue weighted by molar-refractivity contribution is 4.99. The van der Waals surface area contributed by atoms with E-state index >= 15 is 0 Å². The molecule has 2 fully saturated rings. The maximum atomic E-state index is 8.98. The largest absolute Gasteiger partial charge is 0.299 e. The van der Waals surface area contributed by atoms with Crippen molar-refractivity contribution >= 4 is 0 Å². The molecule has 2 heteroatoms. The fraction of sp³-hybridized carbons (Fsp3) is 0.909. The molecule has 13 heavy (non-hydrogen) atoms. The van der Waals surface area contributed by atoms with Gasteiger partial charge in [0.15, 0.2) is 0 Å². The van der Waals surface area contributed by atoms with Gasteiger partial charge in [-0.2, -0.15) is 5.26 Å². The first kappa shape index (κ1) is 9.02. The topological polar surface area (TPSA) is 27.0 Å². The molecule has 2 saturated carbocycles. The van der Waals surface area contributed by atoms with Crippen LogP contribution in [0.1, 0.15) is 38.5 Å². The minimum atomic E-state index is 0.311. The van der Waals surface area contributed by atoms with Gasteiger partial charge in [-0.25, -0.2) is 0 Å². The molecule has 2 atom stereocenters. The van der Waals surface area contributed by atoms with E-state index in [1.165, 1.54) is 32.1 Å². The maximum Gasteiger partial charge on any atom is 0.0672 e. The highest BCUT2D eigenvalue weighted by Gasteiger charge is 2.35. The van der Waals surface area contributed by atoms with Crippen molar-refractivity contribution in [2.24, 2.45) is 5.92 Å². The van der Waals surface area contributed by atoms with Gasteiger partial charge in [0.05, 0.1) is 12.0 Å². The second-order valence-corrected chi connectivity index (χ2v) is 4.48. The van der Waals surface area contributed by atoms with Gasteiger partial charge in [0.1, 0.15) is 0 Å². The molecule has 2 unspecified atom stereocenters. The van der Waals surface area contributed by atoms with Crippen LogP contribution in [-0.4, -0.2) is 24.0 Å². The summed E-state index contributed by atoms with van der Waals surface area (Å²) in [5, 5.41) is 8.98. The number of hydrogen-bond donors (Lipinski definition) is 0. The van der Waals surface area contributed by atoms with Crippen LogP contribution in [0.15, 0.2) is 0 Å². The quantitative estimate of drug-likeness (QED) is 0.648. The highest BCUT2D eigenvalue weighted by Crippen LogP contribution is 2.34. The van der Waals surface area contributed by atoms with Crippen molar-refractivity contribution in [1.82, 2.24) is 4.90 Å². The third-order valence-electron chi connectivity index (χ3n) is 3.82. The Hall–Kier alpha value is -0.550. The molecule has 0 radical (unpaired) electrons. The van der Waals surface area contributed by atoms with E-state index in [2.05, 4.69) is 18.0 Å². The molecule has 2 rings (SSSR count). The molecule has 0 saturated heterocycles. The second-order valence-electron chi connectivity index (χ2n) is 4.48. The molecule has 0 aromatic rings. The van der Waals surface area contributed by atoms with Crippen molar-refractivity contribution < 1.29 is 0 Å². The highest BCUT2D eigenvalue weighted by atomic mass is 15.2. The molecule has 0 aromatic carbocycles. The summed E-state index contributed by atoms with van der Waals surface area (Å²) in [6.07, 6.45) is 7.71. The zero-order chi connectivity index (χ0) is 9.26. The molecular weight excluding hydrogens is 160 g/mol. The number of nitriles is 1. The average Bonchev–Trinajstić information content (AvgIpc) is 2.47. The number of hydrogen-bond acceptors (Lipinski definition) is 2. The molecule has 72 valence electrons. The molecule has 2 aliphatic rings. The molecule has 0 amide bonds. The van der Waals surface area contributed by atoms with Crippen LogP contribution in [0.25, 0.3) is 0 Å². The predicted octanol–water partition coefficient (Wildman–Crippen LogP) is 2.16. The molecule has 2 nitrogen and oxygen atoms in total. The van der Waals surface area contributed by atoms with E-state index in [1.54, 1.807) is 0 Å². The van der Waals surface area contributed by atoms with Crippen LogP contribution in [0.2, 0.25) is 0 Å². The van der Waals surface area contributed by atoms with Gasteiger partial charge >= 0.3 is 0 Å². The average molecular weight is 178 g/mol. The Morgan fingerprint density at radius 1 is 1.15 bits per heavy atom. The van der Waals surface area contributed by atoms with Crippen molar-refractivity contribution in [3.8, 4) is 6.07 Å². The third kappa shape index (κ3) is 1.58. The monoisotopic (exact) mass is 178 g/mol. The molecule has 0 aromatic heterocycles.